The van der Waals surface area contributed by atoms with E-state index in [1.165, 1.54) is 38.5 Å². The maximum atomic E-state index is 12.2. The minimum absolute atomic E-state index is 0.0935. The van der Waals surface area contributed by atoms with Gasteiger partial charge in [-0.15, -0.1) is 0 Å². The molecule has 0 radical (unpaired) electrons. The molecule has 2 N–H and O–H groups in total. The fourth-order valence-corrected chi connectivity index (χ4v) is 3.34. The lowest BCUT2D eigenvalue weighted by Gasteiger charge is -2.35. The Bertz CT molecular complexity index is 277. The lowest BCUT2D eigenvalue weighted by atomic mass is 9.86. The minimum Gasteiger partial charge on any atom is -0.377 e. The molecule has 2 rings (SSSR count). The summed E-state index contributed by atoms with van der Waals surface area (Å²) in [6.45, 7) is 2.48. The van der Waals surface area contributed by atoms with Gasteiger partial charge in [0.25, 0.3) is 0 Å². The van der Waals surface area contributed by atoms with Crippen molar-refractivity contribution in [2.75, 3.05) is 26.3 Å². The maximum Gasteiger partial charge on any atom is 0.223 e. The van der Waals surface area contributed by atoms with Crippen LogP contribution in [0.4, 0.5) is 0 Å². The number of rotatable bonds is 5. The lowest BCUT2D eigenvalue weighted by Crippen LogP contribution is -2.52. The predicted molar refractivity (Wildman–Crippen MR) is 75.8 cm³/mol. The Morgan fingerprint density at radius 2 is 2.05 bits per heavy atom. The molecule has 1 amide bonds. The maximum absolute atomic E-state index is 12.2. The Morgan fingerprint density at radius 1 is 1.26 bits per heavy atom. The normalized spacial score (nSPS) is 25.5. The highest BCUT2D eigenvalue weighted by atomic mass is 16.5. The van der Waals surface area contributed by atoms with Crippen molar-refractivity contribution in [1.29, 1.82) is 0 Å². The van der Waals surface area contributed by atoms with Crippen LogP contribution in [0.1, 0.15) is 51.4 Å². The van der Waals surface area contributed by atoms with Gasteiger partial charge in [0.15, 0.2) is 0 Å². The molecular weight excluding hydrogens is 240 g/mol. The first-order valence-electron chi connectivity index (χ1n) is 7.88. The number of amides is 1. The molecule has 1 aliphatic carbocycles. The van der Waals surface area contributed by atoms with Crippen molar-refractivity contribution in [3.63, 3.8) is 0 Å². The summed E-state index contributed by atoms with van der Waals surface area (Å²) in [4.78, 5) is 14.2. The van der Waals surface area contributed by atoms with Gasteiger partial charge in [0.05, 0.1) is 19.3 Å². The summed E-state index contributed by atoms with van der Waals surface area (Å²) < 4.78 is 5.38. The number of ether oxygens (including phenoxy) is 1. The van der Waals surface area contributed by atoms with Gasteiger partial charge >= 0.3 is 0 Å². The average Bonchev–Trinajstić information content (AvgIpc) is 2.48. The van der Waals surface area contributed by atoms with Crippen molar-refractivity contribution in [2.45, 2.75) is 57.4 Å². The molecule has 1 saturated heterocycles. The van der Waals surface area contributed by atoms with Gasteiger partial charge in [-0.05, 0) is 18.8 Å². The molecule has 1 unspecified atom stereocenters. The Balaban J connectivity index is 1.67. The van der Waals surface area contributed by atoms with Gasteiger partial charge in [0.2, 0.25) is 5.91 Å². The molecule has 0 bridgehead atoms. The molecule has 0 aromatic carbocycles. The van der Waals surface area contributed by atoms with Crippen molar-refractivity contribution in [1.82, 2.24) is 4.90 Å². The number of carbonyl (C=O) groups excluding carboxylic acids is 1. The summed E-state index contributed by atoms with van der Waals surface area (Å²) in [7, 11) is 0. The van der Waals surface area contributed by atoms with E-state index in [2.05, 4.69) is 0 Å². The molecule has 1 aliphatic heterocycles. The van der Waals surface area contributed by atoms with E-state index in [4.69, 9.17) is 10.5 Å². The molecule has 4 heteroatoms. The molecule has 4 nitrogen and oxygen atoms in total. The monoisotopic (exact) mass is 268 g/mol. The van der Waals surface area contributed by atoms with E-state index in [9.17, 15) is 4.79 Å². The number of hydrogen-bond donors (Lipinski definition) is 1. The molecule has 1 atom stereocenters. The first-order chi connectivity index (χ1) is 9.31. The zero-order valence-electron chi connectivity index (χ0n) is 12.0. The third-order valence-electron chi connectivity index (χ3n) is 4.55. The second-order valence-corrected chi connectivity index (χ2v) is 5.95. The van der Waals surface area contributed by atoms with Crippen molar-refractivity contribution >= 4 is 5.91 Å². The Hall–Kier alpha value is -0.610. The van der Waals surface area contributed by atoms with Crippen LogP contribution < -0.4 is 5.73 Å². The standard InChI is InChI=1S/C15H28N2O2/c16-11-14-12-19-10-9-17(14)15(18)8-4-7-13-5-2-1-3-6-13/h13-14H,1-12,16H2. The SMILES string of the molecule is NCC1COCCN1C(=O)CCCC1CCCCC1. The second kappa shape index (κ2) is 7.85. The molecule has 0 aromatic heterocycles. The van der Waals surface area contributed by atoms with E-state index >= 15 is 0 Å². The molecule has 2 fully saturated rings. The molecule has 0 spiro atoms. The summed E-state index contributed by atoms with van der Waals surface area (Å²) in [5.41, 5.74) is 5.70. The van der Waals surface area contributed by atoms with Gasteiger partial charge in [0.1, 0.15) is 0 Å². The molecular formula is C15H28N2O2. The van der Waals surface area contributed by atoms with Crippen LogP contribution in [0, 0.1) is 5.92 Å². The largest absolute Gasteiger partial charge is 0.377 e. The van der Waals surface area contributed by atoms with Crippen LogP contribution >= 0.6 is 0 Å². The van der Waals surface area contributed by atoms with Crippen molar-refractivity contribution in [3.05, 3.63) is 0 Å². The number of morpholine rings is 1. The zero-order valence-corrected chi connectivity index (χ0v) is 12.0. The second-order valence-electron chi connectivity index (χ2n) is 5.95. The van der Waals surface area contributed by atoms with Crippen LogP contribution in [0.15, 0.2) is 0 Å². The summed E-state index contributed by atoms with van der Waals surface area (Å²) >= 11 is 0. The molecule has 19 heavy (non-hydrogen) atoms. The van der Waals surface area contributed by atoms with Crippen molar-refractivity contribution in [2.24, 2.45) is 11.7 Å². The van der Waals surface area contributed by atoms with E-state index < -0.39 is 0 Å². The average molecular weight is 268 g/mol. The van der Waals surface area contributed by atoms with Crippen LogP contribution in [0.3, 0.4) is 0 Å². The van der Waals surface area contributed by atoms with Gasteiger partial charge in [-0.25, -0.2) is 0 Å². The van der Waals surface area contributed by atoms with E-state index in [1.54, 1.807) is 0 Å². The number of nitrogens with two attached hydrogens (primary N) is 1. The van der Waals surface area contributed by atoms with Gasteiger partial charge < -0.3 is 15.4 Å². The van der Waals surface area contributed by atoms with Crippen LogP contribution in [-0.2, 0) is 9.53 Å². The first-order valence-corrected chi connectivity index (χ1v) is 7.88. The summed E-state index contributed by atoms with van der Waals surface area (Å²) in [5.74, 6) is 1.14. The van der Waals surface area contributed by atoms with E-state index in [-0.39, 0.29) is 11.9 Å². The third-order valence-corrected chi connectivity index (χ3v) is 4.55. The molecule has 110 valence electrons. The third kappa shape index (κ3) is 4.46. The van der Waals surface area contributed by atoms with Crippen LogP contribution in [0.5, 0.6) is 0 Å². The zero-order chi connectivity index (χ0) is 13.5. The Morgan fingerprint density at radius 3 is 2.79 bits per heavy atom. The fourth-order valence-electron chi connectivity index (χ4n) is 3.34. The minimum atomic E-state index is 0.0935. The smallest absolute Gasteiger partial charge is 0.223 e. The fraction of sp³-hybridized carbons (Fsp3) is 0.933. The summed E-state index contributed by atoms with van der Waals surface area (Å²) in [5, 5.41) is 0. The van der Waals surface area contributed by atoms with E-state index in [1.807, 2.05) is 4.90 Å². The molecule has 2 aliphatic rings. The highest BCUT2D eigenvalue weighted by Crippen LogP contribution is 2.27. The van der Waals surface area contributed by atoms with Crippen LogP contribution in [0.2, 0.25) is 0 Å². The first kappa shape index (κ1) is 14.8. The van der Waals surface area contributed by atoms with Crippen molar-refractivity contribution in [3.8, 4) is 0 Å². The van der Waals surface area contributed by atoms with Crippen LogP contribution in [-0.4, -0.2) is 43.2 Å². The van der Waals surface area contributed by atoms with Crippen LogP contribution in [0.25, 0.3) is 0 Å². The summed E-state index contributed by atoms with van der Waals surface area (Å²) in [6, 6.07) is 0.0935. The summed E-state index contributed by atoms with van der Waals surface area (Å²) in [6.07, 6.45) is 9.87. The lowest BCUT2D eigenvalue weighted by molar-refractivity contribution is -0.139. The molecule has 0 aromatic rings. The Kier molecular flexibility index (Phi) is 6.11. The van der Waals surface area contributed by atoms with Gasteiger partial charge in [-0.2, -0.15) is 0 Å². The Labute approximate surface area is 116 Å². The predicted octanol–water partition coefficient (Wildman–Crippen LogP) is 1.92. The van der Waals surface area contributed by atoms with Gasteiger partial charge in [-0.1, -0.05) is 32.1 Å². The van der Waals surface area contributed by atoms with E-state index in [0.29, 0.717) is 32.7 Å². The number of nitrogens with zero attached hydrogens (tertiary/aromatic N) is 1. The molecule has 1 saturated carbocycles. The quantitative estimate of drug-likeness (QED) is 0.829. The molecule has 1 heterocycles. The van der Waals surface area contributed by atoms with Crippen molar-refractivity contribution < 1.29 is 9.53 Å². The topological polar surface area (TPSA) is 55.6 Å². The van der Waals surface area contributed by atoms with Gasteiger partial charge in [0, 0.05) is 19.5 Å². The number of carbonyl (C=O) groups is 1. The van der Waals surface area contributed by atoms with E-state index in [0.717, 1.165) is 12.3 Å². The highest BCUT2D eigenvalue weighted by molar-refractivity contribution is 5.76. The number of hydrogen-bond acceptors (Lipinski definition) is 3. The highest BCUT2D eigenvalue weighted by Gasteiger charge is 2.25. The van der Waals surface area contributed by atoms with Gasteiger partial charge in [-0.3, -0.25) is 4.79 Å².